The maximum Gasteiger partial charge on any atom is 0.238 e. The van der Waals surface area contributed by atoms with E-state index in [9.17, 15) is 4.79 Å². The maximum atomic E-state index is 13.0. The molecule has 0 spiro atoms. The van der Waals surface area contributed by atoms with Crippen molar-refractivity contribution < 1.29 is 4.79 Å². The molecule has 1 amide bonds. The standard InChI is InChI=1S/C24H22N8O/c1-3-11-32-14-18-21(20-17-12-16(25-2)6-7-19(17)28-23(20)33)29-24(30-22(18)31-32)27-10-8-15-5-4-9-26-13-15/h4-7,9,12-14,20H,3,8,10-11H2,1H3,(H,28,33)(H,27,30,31). The number of rotatable bonds is 7. The second kappa shape index (κ2) is 8.67. The Labute approximate surface area is 190 Å². The molecule has 164 valence electrons. The molecule has 0 fully saturated rings. The van der Waals surface area contributed by atoms with Gasteiger partial charge in [0.15, 0.2) is 11.3 Å². The first-order chi connectivity index (χ1) is 16.2. The molecular formula is C24H22N8O. The molecule has 0 radical (unpaired) electrons. The number of carbonyl (C=O) groups is 1. The number of pyridine rings is 1. The van der Waals surface area contributed by atoms with E-state index in [1.54, 1.807) is 24.4 Å². The van der Waals surface area contributed by atoms with Gasteiger partial charge in [0.25, 0.3) is 0 Å². The van der Waals surface area contributed by atoms with Crippen molar-refractivity contribution in [1.82, 2.24) is 24.7 Å². The van der Waals surface area contributed by atoms with Gasteiger partial charge >= 0.3 is 0 Å². The lowest BCUT2D eigenvalue weighted by Crippen LogP contribution is -2.17. The van der Waals surface area contributed by atoms with E-state index in [4.69, 9.17) is 11.6 Å². The molecule has 3 aromatic heterocycles. The first kappa shape index (κ1) is 20.6. The van der Waals surface area contributed by atoms with Crippen LogP contribution < -0.4 is 10.6 Å². The van der Waals surface area contributed by atoms with Crippen LogP contribution >= 0.6 is 0 Å². The fraction of sp³-hybridized carbons (Fsp3) is 0.250. The van der Waals surface area contributed by atoms with Crippen LogP contribution in [0.3, 0.4) is 0 Å². The topological polar surface area (TPSA) is 102 Å². The van der Waals surface area contributed by atoms with E-state index in [-0.39, 0.29) is 5.91 Å². The molecule has 5 rings (SSSR count). The van der Waals surface area contributed by atoms with Gasteiger partial charge in [-0.05, 0) is 36.1 Å². The van der Waals surface area contributed by atoms with Crippen LogP contribution in [0.25, 0.3) is 15.9 Å². The molecule has 1 aliphatic rings. The van der Waals surface area contributed by atoms with Crippen LogP contribution in [0.2, 0.25) is 0 Å². The smallest absolute Gasteiger partial charge is 0.238 e. The Bertz CT molecular complexity index is 1370. The van der Waals surface area contributed by atoms with Crippen molar-refractivity contribution in [3.8, 4) is 0 Å². The lowest BCUT2D eigenvalue weighted by molar-refractivity contribution is -0.116. The second-order valence-electron chi connectivity index (χ2n) is 7.91. The van der Waals surface area contributed by atoms with Crippen LogP contribution in [-0.4, -0.2) is 37.2 Å². The number of aryl methyl sites for hydroxylation is 1. The van der Waals surface area contributed by atoms with Gasteiger partial charge in [0, 0.05) is 37.4 Å². The van der Waals surface area contributed by atoms with E-state index in [1.165, 1.54) is 0 Å². The number of anilines is 2. The third-order valence-corrected chi connectivity index (χ3v) is 5.60. The molecule has 1 aromatic carbocycles. The highest BCUT2D eigenvalue weighted by Gasteiger charge is 2.35. The fourth-order valence-electron chi connectivity index (χ4n) is 4.07. The van der Waals surface area contributed by atoms with E-state index >= 15 is 0 Å². The summed E-state index contributed by atoms with van der Waals surface area (Å²) in [5, 5.41) is 11.5. The zero-order valence-corrected chi connectivity index (χ0v) is 18.1. The second-order valence-corrected chi connectivity index (χ2v) is 7.91. The van der Waals surface area contributed by atoms with Crippen molar-refractivity contribution in [2.75, 3.05) is 17.2 Å². The van der Waals surface area contributed by atoms with Crippen LogP contribution in [0.4, 0.5) is 17.3 Å². The Balaban J connectivity index is 1.54. The normalized spacial score (nSPS) is 14.7. The predicted octanol–water partition coefficient (Wildman–Crippen LogP) is 3.92. The van der Waals surface area contributed by atoms with Gasteiger partial charge in [-0.1, -0.05) is 25.1 Å². The molecule has 1 aliphatic heterocycles. The van der Waals surface area contributed by atoms with Crippen LogP contribution in [-0.2, 0) is 17.8 Å². The fourth-order valence-corrected chi connectivity index (χ4v) is 4.07. The third kappa shape index (κ3) is 3.99. The highest BCUT2D eigenvalue weighted by molar-refractivity contribution is 6.07. The van der Waals surface area contributed by atoms with Crippen molar-refractivity contribution in [1.29, 1.82) is 0 Å². The van der Waals surface area contributed by atoms with E-state index in [1.807, 2.05) is 29.2 Å². The maximum absolute atomic E-state index is 13.0. The molecule has 9 heteroatoms. The van der Waals surface area contributed by atoms with Gasteiger partial charge in [0.2, 0.25) is 11.9 Å². The summed E-state index contributed by atoms with van der Waals surface area (Å²) in [5.74, 6) is -0.382. The van der Waals surface area contributed by atoms with Gasteiger partial charge in [0.1, 0.15) is 5.92 Å². The molecule has 33 heavy (non-hydrogen) atoms. The molecule has 1 atom stereocenters. The Hall–Kier alpha value is -4.32. The largest absolute Gasteiger partial charge is 0.354 e. The number of benzene rings is 1. The van der Waals surface area contributed by atoms with E-state index in [0.717, 1.165) is 35.9 Å². The first-order valence-corrected chi connectivity index (χ1v) is 10.9. The minimum Gasteiger partial charge on any atom is -0.354 e. The van der Waals surface area contributed by atoms with Crippen LogP contribution in [0, 0.1) is 6.57 Å². The summed E-state index contributed by atoms with van der Waals surface area (Å²) in [7, 11) is 0. The quantitative estimate of drug-likeness (QED) is 0.424. The molecule has 2 N–H and O–H groups in total. The van der Waals surface area contributed by atoms with E-state index in [0.29, 0.717) is 35.2 Å². The van der Waals surface area contributed by atoms with Crippen molar-refractivity contribution in [2.45, 2.75) is 32.2 Å². The summed E-state index contributed by atoms with van der Waals surface area (Å²) in [6.07, 6.45) is 7.16. The lowest BCUT2D eigenvalue weighted by atomic mass is 9.95. The Morgan fingerprint density at radius 3 is 2.97 bits per heavy atom. The Morgan fingerprint density at radius 1 is 1.27 bits per heavy atom. The van der Waals surface area contributed by atoms with Crippen molar-refractivity contribution in [2.24, 2.45) is 0 Å². The Morgan fingerprint density at radius 2 is 2.18 bits per heavy atom. The van der Waals surface area contributed by atoms with Gasteiger partial charge < -0.3 is 10.6 Å². The monoisotopic (exact) mass is 438 g/mol. The molecule has 0 saturated heterocycles. The summed E-state index contributed by atoms with van der Waals surface area (Å²) >= 11 is 0. The molecular weight excluding hydrogens is 416 g/mol. The number of carbonyl (C=O) groups excluding carboxylic acids is 1. The average Bonchev–Trinajstić information content (AvgIpc) is 3.38. The predicted molar refractivity (Wildman–Crippen MR) is 125 cm³/mol. The molecule has 0 bridgehead atoms. The van der Waals surface area contributed by atoms with Gasteiger partial charge in [-0.25, -0.2) is 9.83 Å². The minimum atomic E-state index is -0.634. The molecule has 4 aromatic rings. The number of aromatic nitrogens is 5. The molecule has 1 unspecified atom stereocenters. The summed E-state index contributed by atoms with van der Waals surface area (Å²) < 4.78 is 1.84. The van der Waals surface area contributed by atoms with Gasteiger partial charge in [-0.3, -0.25) is 14.5 Å². The lowest BCUT2D eigenvalue weighted by Gasteiger charge is -2.12. The summed E-state index contributed by atoms with van der Waals surface area (Å²) in [5.41, 5.74) is 4.17. The molecule has 0 aliphatic carbocycles. The Kier molecular flexibility index (Phi) is 5.40. The minimum absolute atomic E-state index is 0.170. The number of nitrogens with one attached hydrogen (secondary N) is 2. The van der Waals surface area contributed by atoms with E-state index < -0.39 is 5.92 Å². The summed E-state index contributed by atoms with van der Waals surface area (Å²) in [4.78, 5) is 30.1. The van der Waals surface area contributed by atoms with Crippen molar-refractivity contribution in [3.05, 3.63) is 77.2 Å². The van der Waals surface area contributed by atoms with Crippen molar-refractivity contribution in [3.63, 3.8) is 0 Å². The number of amides is 1. The molecule has 4 heterocycles. The summed E-state index contributed by atoms with van der Waals surface area (Å²) in [6.45, 7) is 10.8. The number of fused-ring (bicyclic) bond motifs is 2. The number of hydrogen-bond donors (Lipinski definition) is 2. The van der Waals surface area contributed by atoms with Gasteiger partial charge in [0.05, 0.1) is 17.7 Å². The molecule has 9 nitrogen and oxygen atoms in total. The van der Waals surface area contributed by atoms with Crippen LogP contribution in [0.5, 0.6) is 0 Å². The highest BCUT2D eigenvalue weighted by atomic mass is 16.2. The van der Waals surface area contributed by atoms with Gasteiger partial charge in [-0.15, -0.1) is 0 Å². The average molecular weight is 438 g/mol. The van der Waals surface area contributed by atoms with Crippen molar-refractivity contribution >= 4 is 34.3 Å². The third-order valence-electron chi connectivity index (χ3n) is 5.60. The number of nitrogens with zero attached hydrogens (tertiary/aromatic N) is 6. The zero-order valence-electron chi connectivity index (χ0n) is 18.1. The first-order valence-electron chi connectivity index (χ1n) is 10.9. The molecule has 0 saturated carbocycles. The summed E-state index contributed by atoms with van der Waals surface area (Å²) in [6, 6.07) is 9.15. The van der Waals surface area contributed by atoms with Crippen LogP contribution in [0.1, 0.15) is 36.1 Å². The van der Waals surface area contributed by atoms with E-state index in [2.05, 4.69) is 37.5 Å². The van der Waals surface area contributed by atoms with Gasteiger partial charge in [-0.2, -0.15) is 10.1 Å². The highest BCUT2D eigenvalue weighted by Crippen LogP contribution is 2.40. The zero-order chi connectivity index (χ0) is 22.8. The SMILES string of the molecule is [C-]#[N+]c1ccc2c(c1)C(c1nc(NCCc3cccnc3)nc3nn(CCC)cc13)C(=O)N2. The van der Waals surface area contributed by atoms with Crippen LogP contribution in [0.15, 0.2) is 48.9 Å². The number of hydrogen-bond acceptors (Lipinski definition) is 6.